The first-order valence-electron chi connectivity index (χ1n) is 6.20. The number of likely N-dealkylation sites (N-methyl/N-ethyl adjacent to an activating group) is 1. The molecular weight excluding hydrogens is 264 g/mol. The molecular formula is C13H18N2O3S. The highest BCUT2D eigenvalue weighted by Crippen LogP contribution is 2.19. The van der Waals surface area contributed by atoms with Crippen molar-refractivity contribution in [2.45, 2.75) is 18.9 Å². The van der Waals surface area contributed by atoms with Crippen LogP contribution in [0.3, 0.4) is 0 Å². The largest absolute Gasteiger partial charge is 0.362 e. The third-order valence-electron chi connectivity index (χ3n) is 3.27. The molecule has 6 heteroatoms. The standard InChI is InChI=1S/C13H18N2O3S/c1-13(12(17)14-2)9-15(4-5-18-13)11(16)7-10-3-6-19-8-10/h3,6,8H,4-5,7,9H2,1-2H3,(H,14,17)/t13-/m1/s1. The summed E-state index contributed by atoms with van der Waals surface area (Å²) in [7, 11) is 1.57. The number of ether oxygens (including phenoxy) is 1. The van der Waals surface area contributed by atoms with Crippen LogP contribution in [0.2, 0.25) is 0 Å². The molecule has 0 aromatic carbocycles. The van der Waals surface area contributed by atoms with Gasteiger partial charge in [-0.25, -0.2) is 0 Å². The number of carbonyl (C=O) groups is 2. The van der Waals surface area contributed by atoms with Gasteiger partial charge in [-0.1, -0.05) is 0 Å². The molecule has 5 nitrogen and oxygen atoms in total. The average molecular weight is 282 g/mol. The Labute approximate surface area is 116 Å². The summed E-state index contributed by atoms with van der Waals surface area (Å²) in [6.07, 6.45) is 0.382. The molecule has 19 heavy (non-hydrogen) atoms. The summed E-state index contributed by atoms with van der Waals surface area (Å²) in [6, 6.07) is 1.95. The van der Waals surface area contributed by atoms with Crippen LogP contribution in [0.5, 0.6) is 0 Å². The third-order valence-corrected chi connectivity index (χ3v) is 4.00. The van der Waals surface area contributed by atoms with Gasteiger partial charge in [0.2, 0.25) is 5.91 Å². The molecule has 1 N–H and O–H groups in total. The van der Waals surface area contributed by atoms with Crippen molar-refractivity contribution in [3.63, 3.8) is 0 Å². The lowest BCUT2D eigenvalue weighted by atomic mass is 10.0. The van der Waals surface area contributed by atoms with Crippen molar-refractivity contribution in [2.24, 2.45) is 0 Å². The Kier molecular flexibility index (Phi) is 4.21. The van der Waals surface area contributed by atoms with Crippen LogP contribution in [0, 0.1) is 0 Å². The molecule has 0 aliphatic carbocycles. The van der Waals surface area contributed by atoms with Crippen LogP contribution >= 0.6 is 11.3 Å². The molecule has 0 bridgehead atoms. The minimum atomic E-state index is -0.947. The van der Waals surface area contributed by atoms with E-state index >= 15 is 0 Å². The van der Waals surface area contributed by atoms with Gasteiger partial charge in [-0.05, 0) is 29.3 Å². The zero-order valence-corrected chi connectivity index (χ0v) is 12.0. The number of amides is 2. The molecule has 1 aliphatic rings. The van der Waals surface area contributed by atoms with E-state index in [4.69, 9.17) is 4.74 Å². The van der Waals surface area contributed by atoms with Gasteiger partial charge in [0, 0.05) is 13.6 Å². The van der Waals surface area contributed by atoms with Gasteiger partial charge in [-0.3, -0.25) is 9.59 Å². The Balaban J connectivity index is 2.01. The lowest BCUT2D eigenvalue weighted by molar-refractivity contribution is -0.162. The number of nitrogens with one attached hydrogen (secondary N) is 1. The predicted octanol–water partition coefficient (Wildman–Crippen LogP) is 0.654. The molecule has 1 aromatic heterocycles. The average Bonchev–Trinajstić information content (AvgIpc) is 2.90. The van der Waals surface area contributed by atoms with Crippen molar-refractivity contribution < 1.29 is 14.3 Å². The normalized spacial score (nSPS) is 23.2. The first kappa shape index (κ1) is 14.0. The zero-order chi connectivity index (χ0) is 13.9. The fourth-order valence-electron chi connectivity index (χ4n) is 2.16. The van der Waals surface area contributed by atoms with E-state index in [-0.39, 0.29) is 11.8 Å². The molecule has 1 aliphatic heterocycles. The molecule has 1 aromatic rings. The Morgan fingerprint density at radius 2 is 2.37 bits per heavy atom. The lowest BCUT2D eigenvalue weighted by Gasteiger charge is -2.39. The van der Waals surface area contributed by atoms with Gasteiger partial charge < -0.3 is 15.0 Å². The molecule has 1 atom stereocenters. The quantitative estimate of drug-likeness (QED) is 0.886. The molecule has 1 saturated heterocycles. The van der Waals surface area contributed by atoms with E-state index in [1.807, 2.05) is 16.8 Å². The maximum Gasteiger partial charge on any atom is 0.253 e. The number of nitrogens with zero attached hydrogens (tertiary/aromatic N) is 1. The SMILES string of the molecule is CNC(=O)[C@@]1(C)CN(C(=O)Cc2ccsc2)CCO1. The van der Waals surface area contributed by atoms with Crippen molar-refractivity contribution in [1.82, 2.24) is 10.2 Å². The Hall–Kier alpha value is -1.40. The van der Waals surface area contributed by atoms with Crippen LogP contribution in [-0.4, -0.2) is 49.1 Å². The van der Waals surface area contributed by atoms with Gasteiger partial charge in [-0.2, -0.15) is 11.3 Å². The molecule has 104 valence electrons. The molecule has 0 spiro atoms. The second-order valence-corrected chi connectivity index (χ2v) is 5.56. The van der Waals surface area contributed by atoms with Crippen molar-refractivity contribution in [3.05, 3.63) is 22.4 Å². The maximum absolute atomic E-state index is 12.2. The molecule has 2 amide bonds. The molecule has 0 unspecified atom stereocenters. The monoisotopic (exact) mass is 282 g/mol. The van der Waals surface area contributed by atoms with Gasteiger partial charge in [0.1, 0.15) is 0 Å². The summed E-state index contributed by atoms with van der Waals surface area (Å²) >= 11 is 1.58. The van der Waals surface area contributed by atoms with Crippen LogP contribution < -0.4 is 5.32 Å². The zero-order valence-electron chi connectivity index (χ0n) is 11.1. The first-order valence-corrected chi connectivity index (χ1v) is 7.14. The van der Waals surface area contributed by atoms with Crippen LogP contribution in [0.1, 0.15) is 12.5 Å². The van der Waals surface area contributed by atoms with Crippen LogP contribution in [0.4, 0.5) is 0 Å². The van der Waals surface area contributed by atoms with Crippen LogP contribution in [0.25, 0.3) is 0 Å². The minimum Gasteiger partial charge on any atom is -0.362 e. The summed E-state index contributed by atoms with van der Waals surface area (Å²) in [5.41, 5.74) is 0.0697. The van der Waals surface area contributed by atoms with Gasteiger partial charge in [-0.15, -0.1) is 0 Å². The van der Waals surface area contributed by atoms with Crippen molar-refractivity contribution in [2.75, 3.05) is 26.7 Å². The van der Waals surface area contributed by atoms with Gasteiger partial charge in [0.25, 0.3) is 5.91 Å². The topological polar surface area (TPSA) is 58.6 Å². The van der Waals surface area contributed by atoms with E-state index in [9.17, 15) is 9.59 Å². The summed E-state index contributed by atoms with van der Waals surface area (Å²) in [4.78, 5) is 25.7. The highest BCUT2D eigenvalue weighted by Gasteiger charge is 2.40. The van der Waals surface area contributed by atoms with Gasteiger partial charge in [0.05, 0.1) is 19.6 Å². The fourth-order valence-corrected chi connectivity index (χ4v) is 2.83. The Bertz CT molecular complexity index is 460. The van der Waals surface area contributed by atoms with E-state index in [1.54, 1.807) is 30.2 Å². The van der Waals surface area contributed by atoms with Gasteiger partial charge >= 0.3 is 0 Å². The number of hydrogen-bond acceptors (Lipinski definition) is 4. The second-order valence-electron chi connectivity index (χ2n) is 4.78. The lowest BCUT2D eigenvalue weighted by Crippen LogP contribution is -2.59. The summed E-state index contributed by atoms with van der Waals surface area (Å²) < 4.78 is 5.53. The number of thiophene rings is 1. The third kappa shape index (κ3) is 3.13. The number of morpholine rings is 1. The van der Waals surface area contributed by atoms with E-state index in [0.717, 1.165) is 5.56 Å². The summed E-state index contributed by atoms with van der Waals surface area (Å²) in [6.45, 7) is 2.94. The molecule has 0 saturated carbocycles. The summed E-state index contributed by atoms with van der Waals surface area (Å²) in [5, 5.41) is 6.50. The van der Waals surface area contributed by atoms with E-state index in [2.05, 4.69) is 5.32 Å². The highest BCUT2D eigenvalue weighted by molar-refractivity contribution is 7.07. The van der Waals surface area contributed by atoms with Crippen molar-refractivity contribution >= 4 is 23.2 Å². The molecule has 2 rings (SSSR count). The smallest absolute Gasteiger partial charge is 0.253 e. The van der Waals surface area contributed by atoms with E-state index in [0.29, 0.717) is 26.1 Å². The summed E-state index contributed by atoms with van der Waals surface area (Å²) in [5.74, 6) is -0.155. The Morgan fingerprint density at radius 3 is 3.00 bits per heavy atom. The van der Waals surface area contributed by atoms with Crippen LogP contribution in [0.15, 0.2) is 16.8 Å². The number of hydrogen-bond donors (Lipinski definition) is 1. The van der Waals surface area contributed by atoms with E-state index < -0.39 is 5.60 Å². The maximum atomic E-state index is 12.2. The van der Waals surface area contributed by atoms with Gasteiger partial charge in [0.15, 0.2) is 5.60 Å². The molecule has 2 heterocycles. The van der Waals surface area contributed by atoms with Crippen molar-refractivity contribution in [3.8, 4) is 0 Å². The fraction of sp³-hybridized carbons (Fsp3) is 0.538. The highest BCUT2D eigenvalue weighted by atomic mass is 32.1. The number of carbonyl (C=O) groups excluding carboxylic acids is 2. The second kappa shape index (κ2) is 5.71. The van der Waals surface area contributed by atoms with Crippen molar-refractivity contribution in [1.29, 1.82) is 0 Å². The minimum absolute atomic E-state index is 0.0387. The van der Waals surface area contributed by atoms with E-state index in [1.165, 1.54) is 0 Å². The predicted molar refractivity (Wildman–Crippen MR) is 73.0 cm³/mol. The first-order chi connectivity index (χ1) is 9.05. The Morgan fingerprint density at radius 1 is 1.58 bits per heavy atom. The van der Waals surface area contributed by atoms with Crippen LogP contribution in [-0.2, 0) is 20.7 Å². The molecule has 0 radical (unpaired) electrons. The number of rotatable bonds is 3. The molecule has 1 fully saturated rings.